The Morgan fingerprint density at radius 1 is 1.00 bits per heavy atom. The van der Waals surface area contributed by atoms with Crippen molar-refractivity contribution in [2.24, 2.45) is 0 Å². The van der Waals surface area contributed by atoms with Crippen LogP contribution >= 0.6 is 0 Å². The quantitative estimate of drug-likeness (QED) is 0.393. The van der Waals surface area contributed by atoms with Gasteiger partial charge in [0.05, 0.1) is 18.6 Å². The van der Waals surface area contributed by atoms with Gasteiger partial charge in [-0.05, 0) is 70.4 Å². The second kappa shape index (κ2) is 14.0. The zero-order valence-corrected chi connectivity index (χ0v) is 23.7. The molecule has 0 unspecified atom stereocenters. The van der Waals surface area contributed by atoms with Crippen LogP contribution in [0, 0.1) is 6.92 Å². The summed E-state index contributed by atoms with van der Waals surface area (Å²) in [7, 11) is -3.56. The number of anilines is 1. The molecule has 0 aliphatic rings. The minimum atomic E-state index is -3.56. The monoisotopic (exact) mass is 531 g/mol. The number of hydrogen-bond acceptors (Lipinski definition) is 5. The minimum absolute atomic E-state index is 0.00344. The van der Waals surface area contributed by atoms with Gasteiger partial charge in [0.25, 0.3) is 0 Å². The SMILES string of the molecule is CCOc1ccc(N(CCCC(=O)N(Cc2ccc(C)cc2)[C@@H](C)C(=O)N[C@H](C)CC)S(C)(=O)=O)cc1. The number of benzene rings is 2. The van der Waals surface area contributed by atoms with Gasteiger partial charge in [-0.25, -0.2) is 8.42 Å². The number of sulfonamides is 1. The van der Waals surface area contributed by atoms with Gasteiger partial charge < -0.3 is 15.0 Å². The fourth-order valence-electron chi connectivity index (χ4n) is 3.82. The maximum atomic E-state index is 13.4. The molecule has 2 rings (SSSR count). The summed E-state index contributed by atoms with van der Waals surface area (Å²) in [5.74, 6) is 0.251. The summed E-state index contributed by atoms with van der Waals surface area (Å²) in [4.78, 5) is 27.8. The first-order valence-electron chi connectivity index (χ1n) is 12.8. The van der Waals surface area contributed by atoms with E-state index in [-0.39, 0.29) is 30.8 Å². The molecule has 37 heavy (non-hydrogen) atoms. The molecule has 0 radical (unpaired) electrons. The van der Waals surface area contributed by atoms with Crippen molar-refractivity contribution >= 4 is 27.5 Å². The fraction of sp³-hybridized carbons (Fsp3) is 0.500. The van der Waals surface area contributed by atoms with Crippen molar-refractivity contribution in [2.45, 2.75) is 72.5 Å². The second-order valence-corrected chi connectivity index (χ2v) is 11.3. The van der Waals surface area contributed by atoms with Gasteiger partial charge in [0.2, 0.25) is 21.8 Å². The molecule has 0 saturated carbocycles. The lowest BCUT2D eigenvalue weighted by Gasteiger charge is -2.30. The number of nitrogens with zero attached hydrogens (tertiary/aromatic N) is 2. The molecule has 9 heteroatoms. The Labute approximate surface area is 222 Å². The van der Waals surface area contributed by atoms with Gasteiger partial charge in [-0.1, -0.05) is 36.8 Å². The predicted molar refractivity (Wildman–Crippen MR) is 148 cm³/mol. The molecule has 0 bridgehead atoms. The van der Waals surface area contributed by atoms with Crippen LogP contribution in [-0.2, 0) is 26.2 Å². The number of aryl methyl sites for hydroxylation is 1. The van der Waals surface area contributed by atoms with Gasteiger partial charge >= 0.3 is 0 Å². The van der Waals surface area contributed by atoms with Crippen LogP contribution in [0.15, 0.2) is 48.5 Å². The van der Waals surface area contributed by atoms with Crippen LogP contribution in [0.3, 0.4) is 0 Å². The lowest BCUT2D eigenvalue weighted by Crippen LogP contribution is -2.49. The van der Waals surface area contributed by atoms with E-state index in [1.165, 1.54) is 4.31 Å². The summed E-state index contributed by atoms with van der Waals surface area (Å²) in [6.07, 6.45) is 2.35. The Morgan fingerprint density at radius 3 is 2.16 bits per heavy atom. The highest BCUT2D eigenvalue weighted by molar-refractivity contribution is 7.92. The molecule has 2 aromatic rings. The number of nitrogens with one attached hydrogen (secondary N) is 1. The zero-order chi connectivity index (χ0) is 27.6. The van der Waals surface area contributed by atoms with Crippen LogP contribution in [0.1, 0.15) is 58.1 Å². The minimum Gasteiger partial charge on any atom is -0.494 e. The molecule has 0 aliphatic carbocycles. The van der Waals surface area contributed by atoms with Crippen molar-refractivity contribution in [3.63, 3.8) is 0 Å². The van der Waals surface area contributed by atoms with Crippen LogP contribution < -0.4 is 14.4 Å². The maximum absolute atomic E-state index is 13.4. The lowest BCUT2D eigenvalue weighted by atomic mass is 10.1. The molecule has 8 nitrogen and oxygen atoms in total. The molecule has 204 valence electrons. The van der Waals surface area contributed by atoms with E-state index in [1.807, 2.05) is 52.0 Å². The predicted octanol–water partition coefficient (Wildman–Crippen LogP) is 4.27. The third kappa shape index (κ3) is 9.39. The van der Waals surface area contributed by atoms with E-state index in [4.69, 9.17) is 4.74 Å². The van der Waals surface area contributed by atoms with E-state index >= 15 is 0 Å². The Morgan fingerprint density at radius 2 is 1.62 bits per heavy atom. The average Bonchev–Trinajstić information content (AvgIpc) is 2.85. The molecule has 0 fully saturated rings. The molecule has 0 aliphatic heterocycles. The van der Waals surface area contributed by atoms with Gasteiger partial charge in [0, 0.05) is 25.6 Å². The number of carbonyl (C=O) groups excluding carboxylic acids is 2. The standard InChI is InChI=1S/C28H41N3O5S/c1-7-22(4)29-28(33)23(5)30(20-24-13-11-21(3)12-14-24)27(32)10-9-19-31(37(6,34)35)25-15-17-26(18-16-25)36-8-2/h11-18,22-23H,7-10,19-20H2,1-6H3,(H,29,33)/t22-,23+/m1/s1. The molecular weight excluding hydrogens is 490 g/mol. The Balaban J connectivity index is 2.15. The molecule has 1 N–H and O–H groups in total. The lowest BCUT2D eigenvalue weighted by molar-refractivity contribution is -0.140. The van der Waals surface area contributed by atoms with Crippen molar-refractivity contribution in [1.82, 2.24) is 10.2 Å². The average molecular weight is 532 g/mol. The highest BCUT2D eigenvalue weighted by Gasteiger charge is 2.27. The maximum Gasteiger partial charge on any atom is 0.242 e. The topological polar surface area (TPSA) is 96.0 Å². The first-order valence-corrected chi connectivity index (χ1v) is 14.7. The Bertz CT molecular complexity index is 1120. The van der Waals surface area contributed by atoms with Gasteiger partial charge in [-0.2, -0.15) is 0 Å². The van der Waals surface area contributed by atoms with Gasteiger partial charge in [-0.3, -0.25) is 13.9 Å². The highest BCUT2D eigenvalue weighted by Crippen LogP contribution is 2.22. The van der Waals surface area contributed by atoms with Crippen molar-refractivity contribution in [2.75, 3.05) is 23.7 Å². The van der Waals surface area contributed by atoms with Crippen molar-refractivity contribution in [3.05, 3.63) is 59.7 Å². The molecule has 2 atom stereocenters. The van der Waals surface area contributed by atoms with Gasteiger partial charge in [0.15, 0.2) is 0 Å². The van der Waals surface area contributed by atoms with Crippen LogP contribution in [0.25, 0.3) is 0 Å². The van der Waals surface area contributed by atoms with E-state index in [0.717, 1.165) is 23.8 Å². The van der Waals surface area contributed by atoms with E-state index in [0.29, 0.717) is 31.0 Å². The molecule has 0 aromatic heterocycles. The van der Waals surface area contributed by atoms with Crippen LogP contribution in [0.2, 0.25) is 0 Å². The summed E-state index contributed by atoms with van der Waals surface area (Å²) in [6.45, 7) is 10.5. The number of rotatable bonds is 14. The molecule has 0 spiro atoms. The van der Waals surface area contributed by atoms with E-state index < -0.39 is 16.1 Å². The number of ether oxygens (including phenoxy) is 1. The van der Waals surface area contributed by atoms with Crippen molar-refractivity contribution < 1.29 is 22.7 Å². The second-order valence-electron chi connectivity index (χ2n) is 9.37. The molecule has 0 saturated heterocycles. The third-order valence-corrected chi connectivity index (χ3v) is 7.42. The third-order valence-electron chi connectivity index (χ3n) is 6.23. The summed E-state index contributed by atoms with van der Waals surface area (Å²) in [5, 5.41) is 2.96. The number of hydrogen-bond donors (Lipinski definition) is 1. The first-order chi connectivity index (χ1) is 17.5. The summed E-state index contributed by atoms with van der Waals surface area (Å²) in [6, 6.07) is 14.0. The van der Waals surface area contributed by atoms with Gasteiger partial charge in [-0.15, -0.1) is 0 Å². The van der Waals surface area contributed by atoms with E-state index in [2.05, 4.69) is 5.32 Å². The molecule has 2 aromatic carbocycles. The fourth-order valence-corrected chi connectivity index (χ4v) is 4.78. The number of carbonyl (C=O) groups is 2. The molecule has 2 amide bonds. The van der Waals surface area contributed by atoms with E-state index in [1.54, 1.807) is 36.1 Å². The van der Waals surface area contributed by atoms with Crippen LogP contribution in [0.5, 0.6) is 5.75 Å². The normalized spacial score (nSPS) is 12.9. The zero-order valence-electron chi connectivity index (χ0n) is 22.9. The van der Waals surface area contributed by atoms with Crippen LogP contribution in [-0.4, -0.2) is 56.6 Å². The Hall–Kier alpha value is -3.07. The highest BCUT2D eigenvalue weighted by atomic mass is 32.2. The van der Waals surface area contributed by atoms with Crippen molar-refractivity contribution in [3.8, 4) is 5.75 Å². The largest absolute Gasteiger partial charge is 0.494 e. The Kier molecular flexibility index (Phi) is 11.4. The van der Waals surface area contributed by atoms with Crippen LogP contribution in [0.4, 0.5) is 5.69 Å². The van der Waals surface area contributed by atoms with E-state index in [9.17, 15) is 18.0 Å². The molecular formula is C28H41N3O5S. The number of amides is 2. The summed E-state index contributed by atoms with van der Waals surface area (Å²) in [5.41, 5.74) is 2.55. The smallest absolute Gasteiger partial charge is 0.242 e. The first kappa shape index (κ1) is 30.2. The summed E-state index contributed by atoms with van der Waals surface area (Å²) >= 11 is 0. The van der Waals surface area contributed by atoms with Crippen molar-refractivity contribution in [1.29, 1.82) is 0 Å². The molecule has 0 heterocycles. The van der Waals surface area contributed by atoms with Gasteiger partial charge in [0.1, 0.15) is 11.8 Å². The summed E-state index contributed by atoms with van der Waals surface area (Å²) < 4.78 is 31.7.